The molecule has 0 spiro atoms. The topological polar surface area (TPSA) is 110 Å². The van der Waals surface area contributed by atoms with Gasteiger partial charge in [0.1, 0.15) is 24.4 Å². The highest BCUT2D eigenvalue weighted by Gasteiger charge is 2.43. The van der Waals surface area contributed by atoms with Gasteiger partial charge in [0.15, 0.2) is 0 Å². The second kappa shape index (κ2) is 3.65. The summed E-state index contributed by atoms with van der Waals surface area (Å²) in [5, 5.41) is 44.5. The molecule has 5 N–H and O–H groups in total. The summed E-state index contributed by atoms with van der Waals surface area (Å²) in [5.74, 6) is 0. The molecule has 1 radical (unpaired) electrons. The predicted octanol–water partition coefficient (Wildman–Crippen LogP) is -2.68. The zero-order valence-corrected chi connectivity index (χ0v) is 6.16. The van der Waals surface area contributed by atoms with Crippen molar-refractivity contribution in [1.82, 2.24) is 0 Å². The third-order valence-corrected chi connectivity index (χ3v) is 1.76. The molecule has 0 aromatic heterocycles. The van der Waals surface area contributed by atoms with Crippen molar-refractivity contribution >= 4 is 0 Å². The Bertz CT molecular complexity index is 146. The van der Waals surface area contributed by atoms with Gasteiger partial charge in [-0.05, 0) is 0 Å². The first kappa shape index (κ1) is 9.85. The van der Waals surface area contributed by atoms with E-state index in [0.29, 0.717) is 0 Å². The Morgan fingerprint density at radius 1 is 1.17 bits per heavy atom. The van der Waals surface area contributed by atoms with Gasteiger partial charge in [-0.15, -0.1) is 0 Å². The van der Waals surface area contributed by atoms with Crippen LogP contribution in [0.5, 0.6) is 0 Å². The van der Waals surface area contributed by atoms with Gasteiger partial charge in [-0.1, -0.05) is 0 Å². The summed E-state index contributed by atoms with van der Waals surface area (Å²) in [7, 11) is 0. The molecule has 0 amide bonds. The third kappa shape index (κ3) is 1.58. The standard InChI is InChI=1S/C6H11O6/c7-1-2-3(8)4(9)5(10)6(11)12-2/h2-5,7-11H,1H2/t2-,3-,4-,5-/m1/s1/i6+1. The van der Waals surface area contributed by atoms with Crippen LogP contribution in [0.2, 0.25) is 0 Å². The minimum absolute atomic E-state index is 0.547. The Hall–Kier alpha value is -0.240. The van der Waals surface area contributed by atoms with E-state index in [-0.39, 0.29) is 0 Å². The summed E-state index contributed by atoms with van der Waals surface area (Å²) in [6.45, 7) is -0.547. The number of rotatable bonds is 1. The van der Waals surface area contributed by atoms with Gasteiger partial charge in [0.05, 0.1) is 6.61 Å². The molecule has 1 aliphatic heterocycles. The summed E-state index contributed by atoms with van der Waals surface area (Å²) < 4.78 is 4.49. The lowest BCUT2D eigenvalue weighted by Gasteiger charge is -2.36. The van der Waals surface area contributed by atoms with Crippen LogP contribution in [-0.2, 0) is 4.74 Å². The van der Waals surface area contributed by atoms with E-state index in [0.717, 1.165) is 0 Å². The van der Waals surface area contributed by atoms with E-state index in [1.54, 1.807) is 0 Å². The van der Waals surface area contributed by atoms with E-state index in [2.05, 4.69) is 4.74 Å². The summed E-state index contributed by atoms with van der Waals surface area (Å²) in [4.78, 5) is 0. The van der Waals surface area contributed by atoms with Crippen LogP contribution in [-0.4, -0.2) is 56.6 Å². The van der Waals surface area contributed by atoms with Crippen LogP contribution in [0.15, 0.2) is 0 Å². The molecule has 0 bridgehead atoms. The Balaban J connectivity index is 2.63. The van der Waals surface area contributed by atoms with E-state index >= 15 is 0 Å². The second-order valence-electron chi connectivity index (χ2n) is 2.60. The maximum Gasteiger partial charge on any atom is 0.254 e. The molecule has 6 heteroatoms. The molecule has 1 rings (SSSR count). The van der Waals surface area contributed by atoms with E-state index in [4.69, 9.17) is 25.5 Å². The monoisotopic (exact) mass is 180 g/mol. The summed E-state index contributed by atoms with van der Waals surface area (Å²) in [6.07, 6.45) is -6.44. The first-order valence-corrected chi connectivity index (χ1v) is 3.45. The maximum absolute atomic E-state index is 9.11. The molecule has 71 valence electrons. The van der Waals surface area contributed by atoms with Gasteiger partial charge >= 0.3 is 0 Å². The lowest BCUT2D eigenvalue weighted by atomic mass is 10.0. The summed E-state index contributed by atoms with van der Waals surface area (Å²) in [6, 6.07) is 0. The largest absolute Gasteiger partial charge is 0.394 e. The third-order valence-electron chi connectivity index (χ3n) is 1.76. The summed E-state index contributed by atoms with van der Waals surface area (Å²) in [5.41, 5.74) is 0. The van der Waals surface area contributed by atoms with Crippen LogP contribution >= 0.6 is 0 Å². The molecule has 4 atom stereocenters. The van der Waals surface area contributed by atoms with E-state index < -0.39 is 37.3 Å². The fraction of sp³-hybridized carbons (Fsp3) is 0.833. The van der Waals surface area contributed by atoms with Gasteiger partial charge in [-0.3, -0.25) is 0 Å². The zero-order chi connectivity index (χ0) is 9.30. The zero-order valence-electron chi connectivity index (χ0n) is 6.16. The number of hydrogen-bond acceptors (Lipinski definition) is 6. The van der Waals surface area contributed by atoms with Gasteiger partial charge in [-0.2, -0.15) is 0 Å². The predicted molar refractivity (Wildman–Crippen MR) is 35.2 cm³/mol. The Morgan fingerprint density at radius 3 is 2.25 bits per heavy atom. The van der Waals surface area contributed by atoms with Crippen molar-refractivity contribution < 1.29 is 30.3 Å². The second-order valence-corrected chi connectivity index (χ2v) is 2.60. The first-order chi connectivity index (χ1) is 5.57. The highest BCUT2D eigenvalue weighted by atomic mass is 16.7. The van der Waals surface area contributed by atoms with E-state index in [9.17, 15) is 0 Å². The summed E-state index contributed by atoms with van der Waals surface area (Å²) >= 11 is 0. The minimum atomic E-state index is -1.62. The fourth-order valence-corrected chi connectivity index (χ4v) is 0.993. The number of aliphatic hydroxyl groups excluding tert-OH is 5. The molecular formula is C6H11O6. The van der Waals surface area contributed by atoms with Crippen LogP contribution in [0.4, 0.5) is 0 Å². The van der Waals surface area contributed by atoms with Gasteiger partial charge in [-0.25, -0.2) is 0 Å². The number of hydrogen-bond donors (Lipinski definition) is 5. The minimum Gasteiger partial charge on any atom is -0.394 e. The smallest absolute Gasteiger partial charge is 0.254 e. The molecule has 1 heterocycles. The van der Waals surface area contributed by atoms with Gasteiger partial charge < -0.3 is 30.3 Å². The van der Waals surface area contributed by atoms with Crippen molar-refractivity contribution in [3.8, 4) is 0 Å². The fourth-order valence-electron chi connectivity index (χ4n) is 0.993. The van der Waals surface area contributed by atoms with Crippen LogP contribution in [0.1, 0.15) is 0 Å². The lowest BCUT2D eigenvalue weighted by Crippen LogP contribution is -2.55. The van der Waals surface area contributed by atoms with Crippen LogP contribution < -0.4 is 0 Å². The van der Waals surface area contributed by atoms with Crippen molar-refractivity contribution in [3.63, 3.8) is 0 Å². The number of aliphatic hydroxyl groups is 5. The number of ether oxygens (including phenoxy) is 1. The molecule has 0 saturated carbocycles. The Morgan fingerprint density at radius 2 is 1.75 bits per heavy atom. The van der Waals surface area contributed by atoms with E-state index in [1.807, 2.05) is 0 Å². The van der Waals surface area contributed by atoms with Crippen molar-refractivity contribution in [2.45, 2.75) is 24.4 Å². The average molecular weight is 180 g/mol. The molecule has 1 saturated heterocycles. The average Bonchev–Trinajstić information content (AvgIpc) is 2.08. The quantitative estimate of drug-likeness (QED) is 0.281. The molecule has 1 fully saturated rings. The molecule has 6 nitrogen and oxygen atoms in total. The van der Waals surface area contributed by atoms with Crippen LogP contribution in [0, 0.1) is 6.29 Å². The highest BCUT2D eigenvalue weighted by Crippen LogP contribution is 2.23. The van der Waals surface area contributed by atoms with Crippen molar-refractivity contribution in [3.05, 3.63) is 6.29 Å². The Labute approximate surface area is 68.6 Å². The molecule has 0 unspecified atom stereocenters. The molecular weight excluding hydrogens is 169 g/mol. The maximum atomic E-state index is 9.11. The van der Waals surface area contributed by atoms with Crippen molar-refractivity contribution in [2.24, 2.45) is 0 Å². The van der Waals surface area contributed by atoms with Crippen molar-refractivity contribution in [1.29, 1.82) is 0 Å². The molecule has 0 aromatic carbocycles. The van der Waals surface area contributed by atoms with Crippen molar-refractivity contribution in [2.75, 3.05) is 6.61 Å². The molecule has 0 aromatic rings. The van der Waals surface area contributed by atoms with E-state index in [1.165, 1.54) is 0 Å². The molecule has 12 heavy (non-hydrogen) atoms. The van der Waals surface area contributed by atoms with Crippen LogP contribution in [0.3, 0.4) is 0 Å². The first-order valence-electron chi connectivity index (χ1n) is 3.45. The van der Waals surface area contributed by atoms with Gasteiger partial charge in [0, 0.05) is 0 Å². The molecule has 0 aliphatic carbocycles. The SMILES string of the molecule is OC[C@H]1O[13C](O)[C@H](O)[C@H](O)[C@@H]1O. The Kier molecular flexibility index (Phi) is 2.99. The van der Waals surface area contributed by atoms with Crippen LogP contribution in [0.25, 0.3) is 0 Å². The lowest BCUT2D eigenvalue weighted by molar-refractivity contribution is -0.230. The van der Waals surface area contributed by atoms with Gasteiger partial charge in [0.2, 0.25) is 0 Å². The highest BCUT2D eigenvalue weighted by molar-refractivity contribution is 4.95. The normalized spacial score (nSPS) is 44.8. The molecule has 1 aliphatic rings. The van der Waals surface area contributed by atoms with Gasteiger partial charge in [0.25, 0.3) is 6.29 Å².